The quantitative estimate of drug-likeness (QED) is 0.598. The minimum Gasteiger partial charge on any atom is -0.329 e. The summed E-state index contributed by atoms with van der Waals surface area (Å²) in [6, 6.07) is 8.57. The lowest BCUT2D eigenvalue weighted by molar-refractivity contribution is 0.420. The Morgan fingerprint density at radius 1 is 1.44 bits per heavy atom. The lowest BCUT2D eigenvalue weighted by Gasteiger charge is -2.15. The molecule has 1 heterocycles. The third kappa shape index (κ3) is 1.70. The molecule has 1 saturated carbocycles. The van der Waals surface area contributed by atoms with E-state index in [2.05, 4.69) is 21.0 Å². The molecule has 0 amide bonds. The minimum atomic E-state index is 0.373. The Morgan fingerprint density at radius 3 is 3.00 bits per heavy atom. The van der Waals surface area contributed by atoms with Crippen molar-refractivity contribution in [1.82, 2.24) is 15.0 Å². The normalized spacial score (nSPS) is 17.8. The highest BCUT2D eigenvalue weighted by Gasteiger charge is 2.30. The molecule has 4 heteroatoms. The number of fused-ring (bicyclic) bond motifs is 1. The third-order valence-electron chi connectivity index (χ3n) is 3.33. The van der Waals surface area contributed by atoms with Crippen molar-refractivity contribution in [3.63, 3.8) is 0 Å². The van der Waals surface area contributed by atoms with Gasteiger partial charge in [-0.1, -0.05) is 12.1 Å². The lowest BCUT2D eigenvalue weighted by Crippen LogP contribution is -2.39. The number of aromatic nitrogens is 2. The summed E-state index contributed by atoms with van der Waals surface area (Å²) in [5, 5.41) is 0. The molecule has 16 heavy (non-hydrogen) atoms. The maximum absolute atomic E-state index is 5.59. The predicted molar refractivity (Wildman–Crippen MR) is 63.6 cm³/mol. The zero-order valence-corrected chi connectivity index (χ0v) is 9.13. The number of nitrogens with two attached hydrogens (primary N) is 1. The Bertz CT molecular complexity index is 486. The molecule has 1 atom stereocenters. The van der Waals surface area contributed by atoms with Crippen LogP contribution in [-0.2, 0) is 6.54 Å². The first-order chi connectivity index (χ1) is 7.88. The van der Waals surface area contributed by atoms with E-state index in [1.807, 2.05) is 24.5 Å². The van der Waals surface area contributed by atoms with Gasteiger partial charge in [-0.25, -0.2) is 4.98 Å². The molecule has 1 aromatic heterocycles. The van der Waals surface area contributed by atoms with E-state index >= 15 is 0 Å². The van der Waals surface area contributed by atoms with E-state index < -0.39 is 0 Å². The summed E-state index contributed by atoms with van der Waals surface area (Å²) in [5.41, 5.74) is 5.15. The van der Waals surface area contributed by atoms with Gasteiger partial charge in [0, 0.05) is 12.6 Å². The second-order valence-electron chi connectivity index (χ2n) is 4.50. The first-order valence-electron chi connectivity index (χ1n) is 5.74. The molecule has 0 spiro atoms. The second-order valence-corrected chi connectivity index (χ2v) is 4.50. The van der Waals surface area contributed by atoms with Crippen LogP contribution >= 0.6 is 0 Å². The Kier molecular flexibility index (Phi) is 2.38. The highest BCUT2D eigenvalue weighted by molar-refractivity contribution is 5.74. The van der Waals surface area contributed by atoms with Crippen LogP contribution in [0.2, 0.25) is 0 Å². The number of hydrogen-bond acceptors (Lipinski definition) is 3. The second kappa shape index (κ2) is 3.88. The van der Waals surface area contributed by atoms with Crippen molar-refractivity contribution in [3.05, 3.63) is 30.6 Å². The molecule has 3 rings (SSSR count). The van der Waals surface area contributed by atoms with Crippen LogP contribution in [0, 0.1) is 5.92 Å². The van der Waals surface area contributed by atoms with Gasteiger partial charge in [-0.2, -0.15) is 0 Å². The van der Waals surface area contributed by atoms with Crippen LogP contribution in [0.25, 0.3) is 11.0 Å². The number of nitrogens with zero attached hydrogens (tertiary/aromatic N) is 2. The van der Waals surface area contributed by atoms with Crippen LogP contribution in [0.4, 0.5) is 0 Å². The fourth-order valence-corrected chi connectivity index (χ4v) is 2.20. The summed E-state index contributed by atoms with van der Waals surface area (Å²) in [6.07, 6.45) is 4.49. The Hall–Kier alpha value is -1.39. The molecule has 0 bridgehead atoms. The van der Waals surface area contributed by atoms with Crippen LogP contribution < -0.4 is 11.3 Å². The summed E-state index contributed by atoms with van der Waals surface area (Å²) >= 11 is 0. The van der Waals surface area contributed by atoms with E-state index in [9.17, 15) is 0 Å². The van der Waals surface area contributed by atoms with Gasteiger partial charge in [-0.15, -0.1) is 0 Å². The molecule has 1 aliphatic rings. The van der Waals surface area contributed by atoms with Crippen molar-refractivity contribution >= 4 is 11.0 Å². The fraction of sp³-hybridized carbons (Fsp3) is 0.417. The van der Waals surface area contributed by atoms with E-state index in [0.717, 1.165) is 18.0 Å². The number of benzene rings is 1. The number of hydrazine groups is 1. The Labute approximate surface area is 94.4 Å². The monoisotopic (exact) mass is 216 g/mol. The molecular formula is C12H16N4. The number of rotatable bonds is 4. The first-order valence-corrected chi connectivity index (χ1v) is 5.74. The summed E-state index contributed by atoms with van der Waals surface area (Å²) in [6.45, 7) is 0.904. The number of nitrogens with one attached hydrogen (secondary N) is 1. The van der Waals surface area contributed by atoms with Gasteiger partial charge in [0.25, 0.3) is 0 Å². The lowest BCUT2D eigenvalue weighted by atomic mass is 10.2. The first kappa shape index (κ1) is 9.81. The van der Waals surface area contributed by atoms with E-state index in [4.69, 9.17) is 5.84 Å². The van der Waals surface area contributed by atoms with E-state index in [-0.39, 0.29) is 0 Å². The van der Waals surface area contributed by atoms with Crippen LogP contribution in [0.1, 0.15) is 12.8 Å². The van der Waals surface area contributed by atoms with Crippen molar-refractivity contribution in [2.24, 2.45) is 11.8 Å². The van der Waals surface area contributed by atoms with Crippen molar-refractivity contribution < 1.29 is 0 Å². The number of para-hydroxylation sites is 2. The topological polar surface area (TPSA) is 55.9 Å². The smallest absolute Gasteiger partial charge is 0.0958 e. The van der Waals surface area contributed by atoms with Crippen LogP contribution in [-0.4, -0.2) is 15.6 Å². The van der Waals surface area contributed by atoms with Gasteiger partial charge in [-0.05, 0) is 30.9 Å². The molecule has 1 fully saturated rings. The third-order valence-corrected chi connectivity index (χ3v) is 3.33. The molecule has 1 aromatic carbocycles. The van der Waals surface area contributed by atoms with Gasteiger partial charge in [0.2, 0.25) is 0 Å². The molecule has 0 radical (unpaired) electrons. The molecule has 2 aromatic rings. The summed E-state index contributed by atoms with van der Waals surface area (Å²) in [4.78, 5) is 4.38. The molecule has 1 aliphatic carbocycles. The largest absolute Gasteiger partial charge is 0.329 e. The zero-order chi connectivity index (χ0) is 11.0. The Morgan fingerprint density at radius 2 is 2.25 bits per heavy atom. The van der Waals surface area contributed by atoms with Gasteiger partial charge in [0.05, 0.1) is 17.4 Å². The number of imidazole rings is 1. The van der Waals surface area contributed by atoms with Crippen LogP contribution in [0.15, 0.2) is 30.6 Å². The highest BCUT2D eigenvalue weighted by Crippen LogP contribution is 2.33. The van der Waals surface area contributed by atoms with Gasteiger partial charge < -0.3 is 4.57 Å². The maximum atomic E-state index is 5.59. The van der Waals surface area contributed by atoms with Gasteiger partial charge in [-0.3, -0.25) is 11.3 Å². The average molecular weight is 216 g/mol. The minimum absolute atomic E-state index is 0.373. The SMILES string of the molecule is NNC(Cn1cnc2ccccc21)C1CC1. The van der Waals surface area contributed by atoms with Crippen molar-refractivity contribution in [3.8, 4) is 0 Å². The van der Waals surface area contributed by atoms with Crippen molar-refractivity contribution in [2.75, 3.05) is 0 Å². The predicted octanol–water partition coefficient (Wildman–Crippen LogP) is 1.28. The molecule has 3 N–H and O–H groups in total. The molecule has 4 nitrogen and oxygen atoms in total. The molecule has 0 aliphatic heterocycles. The summed E-state index contributed by atoms with van der Waals surface area (Å²) < 4.78 is 2.18. The van der Waals surface area contributed by atoms with Gasteiger partial charge in [0.15, 0.2) is 0 Å². The van der Waals surface area contributed by atoms with E-state index in [1.54, 1.807) is 0 Å². The molecule has 0 saturated heterocycles. The van der Waals surface area contributed by atoms with Crippen LogP contribution in [0.5, 0.6) is 0 Å². The number of hydrogen-bond donors (Lipinski definition) is 2. The van der Waals surface area contributed by atoms with Gasteiger partial charge in [0.1, 0.15) is 0 Å². The standard InChI is InChI=1S/C12H16N4/c13-15-11(9-5-6-9)7-16-8-14-10-3-1-2-4-12(10)16/h1-4,8-9,11,15H,5-7,13H2. The molecule has 84 valence electrons. The molecular weight excluding hydrogens is 200 g/mol. The van der Waals surface area contributed by atoms with Gasteiger partial charge >= 0.3 is 0 Å². The summed E-state index contributed by atoms with van der Waals surface area (Å²) in [7, 11) is 0. The van der Waals surface area contributed by atoms with Crippen molar-refractivity contribution in [2.45, 2.75) is 25.4 Å². The fourth-order valence-electron chi connectivity index (χ4n) is 2.20. The van der Waals surface area contributed by atoms with E-state index in [1.165, 1.54) is 18.4 Å². The zero-order valence-electron chi connectivity index (χ0n) is 9.13. The maximum Gasteiger partial charge on any atom is 0.0958 e. The summed E-state index contributed by atoms with van der Waals surface area (Å²) in [5.74, 6) is 6.33. The van der Waals surface area contributed by atoms with Crippen molar-refractivity contribution in [1.29, 1.82) is 0 Å². The Balaban J connectivity index is 1.87. The molecule has 1 unspecified atom stereocenters. The average Bonchev–Trinajstić information content (AvgIpc) is 3.08. The van der Waals surface area contributed by atoms with E-state index in [0.29, 0.717) is 6.04 Å². The van der Waals surface area contributed by atoms with Crippen LogP contribution in [0.3, 0.4) is 0 Å². The highest BCUT2D eigenvalue weighted by atomic mass is 15.3.